The molecule has 1 atom stereocenters. The fourth-order valence-corrected chi connectivity index (χ4v) is 2.63. The molecular weight excluding hydrogens is 346 g/mol. The van der Waals surface area contributed by atoms with E-state index in [-0.39, 0.29) is 0 Å². The molecule has 27 heavy (non-hydrogen) atoms. The Morgan fingerprint density at radius 1 is 1.44 bits per heavy atom. The number of unbranched alkanes of at least 4 members (excludes halogenated alkanes) is 1. The summed E-state index contributed by atoms with van der Waals surface area (Å²) in [6, 6.07) is 7.92. The second kappa shape index (κ2) is 11.2. The molecular formula is C20H27N3O4. The average molecular weight is 373 g/mol. The minimum Gasteiger partial charge on any atom is -0.494 e. The first-order chi connectivity index (χ1) is 13.1. The van der Waals surface area contributed by atoms with E-state index in [2.05, 4.69) is 16.7 Å². The molecule has 3 N–H and O–H groups in total. The van der Waals surface area contributed by atoms with Gasteiger partial charge < -0.3 is 14.4 Å². The summed E-state index contributed by atoms with van der Waals surface area (Å²) in [4.78, 5) is 19.6. The Kier molecular flexibility index (Phi) is 8.54. The summed E-state index contributed by atoms with van der Waals surface area (Å²) >= 11 is 0. The summed E-state index contributed by atoms with van der Waals surface area (Å²) in [7, 11) is 0. The zero-order chi connectivity index (χ0) is 19.5. The number of aliphatic carboxylic acids is 1. The van der Waals surface area contributed by atoms with E-state index in [9.17, 15) is 4.79 Å². The second-order valence-electron chi connectivity index (χ2n) is 6.23. The fourth-order valence-electron chi connectivity index (χ4n) is 2.63. The maximum Gasteiger partial charge on any atom is 0.334 e. The maximum atomic E-state index is 11.0. The van der Waals surface area contributed by atoms with Gasteiger partial charge in [0.2, 0.25) is 0 Å². The first-order valence-electron chi connectivity index (χ1n) is 9.10. The van der Waals surface area contributed by atoms with Gasteiger partial charge in [0.05, 0.1) is 12.9 Å². The Morgan fingerprint density at radius 2 is 2.30 bits per heavy atom. The molecule has 146 valence electrons. The summed E-state index contributed by atoms with van der Waals surface area (Å²) in [5, 5.41) is 9.05. The molecule has 0 saturated carbocycles. The van der Waals surface area contributed by atoms with Crippen molar-refractivity contribution in [3.8, 4) is 5.75 Å². The lowest BCUT2D eigenvalue weighted by Gasteiger charge is -2.13. The minimum absolute atomic E-state index is 0.298. The Bertz CT molecular complexity index is 729. The van der Waals surface area contributed by atoms with Crippen molar-refractivity contribution in [2.75, 3.05) is 6.61 Å². The van der Waals surface area contributed by atoms with Crippen LogP contribution >= 0.6 is 0 Å². The number of benzene rings is 1. The van der Waals surface area contributed by atoms with Crippen molar-refractivity contribution < 1.29 is 19.5 Å². The lowest BCUT2D eigenvalue weighted by molar-refractivity contribution is -0.151. The molecule has 1 aromatic carbocycles. The van der Waals surface area contributed by atoms with E-state index in [0.29, 0.717) is 26.0 Å². The number of hydrogen-bond acceptors (Lipinski definition) is 5. The number of rotatable bonds is 12. The second-order valence-corrected chi connectivity index (χ2v) is 6.23. The third-order valence-corrected chi connectivity index (χ3v) is 4.14. The van der Waals surface area contributed by atoms with E-state index < -0.39 is 12.1 Å². The van der Waals surface area contributed by atoms with Crippen LogP contribution in [0.25, 0.3) is 5.57 Å². The van der Waals surface area contributed by atoms with Gasteiger partial charge in [0.1, 0.15) is 5.75 Å². The Morgan fingerprint density at radius 3 is 2.96 bits per heavy atom. The molecule has 1 unspecified atom stereocenters. The molecule has 7 heteroatoms. The molecule has 0 saturated heterocycles. The van der Waals surface area contributed by atoms with Gasteiger partial charge in [0.15, 0.2) is 6.10 Å². The number of allylic oxidation sites excluding steroid dienone is 2. The lowest BCUT2D eigenvalue weighted by atomic mass is 10.0. The molecule has 0 amide bonds. The van der Waals surface area contributed by atoms with Crippen LogP contribution < -0.4 is 10.6 Å². The third-order valence-electron chi connectivity index (χ3n) is 4.14. The molecule has 0 aliphatic heterocycles. The van der Waals surface area contributed by atoms with Gasteiger partial charge >= 0.3 is 5.97 Å². The molecule has 2 aromatic rings. The van der Waals surface area contributed by atoms with Gasteiger partial charge in [-0.3, -0.25) is 4.84 Å². The summed E-state index contributed by atoms with van der Waals surface area (Å²) < 4.78 is 7.77. The number of carboxylic acid groups (broad SMARTS) is 1. The smallest absolute Gasteiger partial charge is 0.334 e. The Labute approximate surface area is 159 Å². The topological polar surface area (TPSA) is 99.6 Å². The molecule has 0 spiro atoms. The zero-order valence-electron chi connectivity index (χ0n) is 15.6. The van der Waals surface area contributed by atoms with E-state index in [1.807, 2.05) is 41.1 Å². The lowest BCUT2D eigenvalue weighted by Crippen LogP contribution is -2.26. The van der Waals surface area contributed by atoms with E-state index in [4.69, 9.17) is 15.7 Å². The van der Waals surface area contributed by atoms with Crippen molar-refractivity contribution in [1.82, 2.24) is 9.55 Å². The summed E-state index contributed by atoms with van der Waals surface area (Å²) in [5.41, 5.74) is 2.08. The molecule has 0 aliphatic carbocycles. The van der Waals surface area contributed by atoms with Crippen LogP contribution in [0.1, 0.15) is 38.2 Å². The Balaban J connectivity index is 2.15. The van der Waals surface area contributed by atoms with Gasteiger partial charge in [0.25, 0.3) is 0 Å². The molecule has 7 nitrogen and oxygen atoms in total. The average Bonchev–Trinajstić information content (AvgIpc) is 3.17. The third kappa shape index (κ3) is 6.88. The monoisotopic (exact) mass is 373 g/mol. The number of ether oxygens (including phenoxy) is 1. The normalized spacial score (nSPS) is 12.7. The van der Waals surface area contributed by atoms with E-state index >= 15 is 0 Å². The number of hydrogen-bond donors (Lipinski definition) is 2. The largest absolute Gasteiger partial charge is 0.494 e. The van der Waals surface area contributed by atoms with Crippen molar-refractivity contribution in [1.29, 1.82) is 0 Å². The van der Waals surface area contributed by atoms with Crippen LogP contribution in [-0.4, -0.2) is 33.3 Å². The molecule has 1 heterocycles. The van der Waals surface area contributed by atoms with Crippen LogP contribution in [0, 0.1) is 0 Å². The van der Waals surface area contributed by atoms with Crippen LogP contribution in [0.2, 0.25) is 0 Å². The summed E-state index contributed by atoms with van der Waals surface area (Å²) in [6.07, 6.45) is 9.28. The SMILES string of the molecule is CCCCOc1cccc(/C(=C/CCC(ON)C(=O)O)Cn2ccnc2)c1. The van der Waals surface area contributed by atoms with Gasteiger partial charge in [-0.1, -0.05) is 31.6 Å². The maximum absolute atomic E-state index is 11.0. The predicted molar refractivity (Wildman–Crippen MR) is 103 cm³/mol. The quantitative estimate of drug-likeness (QED) is 0.437. The minimum atomic E-state index is -1.06. The number of nitrogens with zero attached hydrogens (tertiary/aromatic N) is 2. The van der Waals surface area contributed by atoms with Crippen LogP contribution in [0.3, 0.4) is 0 Å². The molecule has 0 aliphatic rings. The van der Waals surface area contributed by atoms with Crippen molar-refractivity contribution in [3.05, 3.63) is 54.6 Å². The van der Waals surface area contributed by atoms with Gasteiger partial charge in [0, 0.05) is 18.9 Å². The highest BCUT2D eigenvalue weighted by atomic mass is 16.6. The molecule has 0 fully saturated rings. The number of aromatic nitrogens is 2. The number of carboxylic acids is 1. The summed E-state index contributed by atoms with van der Waals surface area (Å²) in [5.74, 6) is 4.82. The highest BCUT2D eigenvalue weighted by Crippen LogP contribution is 2.23. The predicted octanol–water partition coefficient (Wildman–Crippen LogP) is 3.27. The zero-order valence-corrected chi connectivity index (χ0v) is 15.6. The van der Waals surface area contributed by atoms with Crippen LogP contribution in [0.15, 0.2) is 49.1 Å². The fraction of sp³-hybridized carbons (Fsp3) is 0.400. The van der Waals surface area contributed by atoms with Crippen LogP contribution in [-0.2, 0) is 16.2 Å². The highest BCUT2D eigenvalue weighted by Gasteiger charge is 2.16. The van der Waals surface area contributed by atoms with Crippen LogP contribution in [0.4, 0.5) is 0 Å². The molecule has 2 rings (SSSR count). The van der Waals surface area contributed by atoms with E-state index in [1.54, 1.807) is 12.5 Å². The standard InChI is InChI=1S/C20H27N3O4/c1-2-3-12-26-18-8-4-6-16(13-18)17(14-23-11-10-22-15-23)7-5-9-19(27-21)20(24)25/h4,6-8,10-11,13,15,19H,2-3,5,9,12,14,21H2,1H3,(H,24,25)/b17-7+. The number of imidazole rings is 1. The van der Waals surface area contributed by atoms with Crippen LogP contribution in [0.5, 0.6) is 5.75 Å². The van der Waals surface area contributed by atoms with Crippen molar-refractivity contribution in [2.24, 2.45) is 5.90 Å². The number of carbonyl (C=O) groups is 1. The molecule has 1 aromatic heterocycles. The van der Waals surface area contributed by atoms with Gasteiger partial charge in [-0.05, 0) is 42.5 Å². The van der Waals surface area contributed by atoms with E-state index in [1.165, 1.54) is 0 Å². The van der Waals surface area contributed by atoms with Crippen molar-refractivity contribution in [2.45, 2.75) is 45.3 Å². The first-order valence-corrected chi connectivity index (χ1v) is 9.10. The van der Waals surface area contributed by atoms with Crippen molar-refractivity contribution in [3.63, 3.8) is 0 Å². The highest BCUT2D eigenvalue weighted by molar-refractivity contribution is 5.72. The summed E-state index contributed by atoms with van der Waals surface area (Å²) in [6.45, 7) is 3.44. The Hall–Kier alpha value is -2.64. The van der Waals surface area contributed by atoms with Gasteiger partial charge in [-0.2, -0.15) is 0 Å². The van der Waals surface area contributed by atoms with Crippen molar-refractivity contribution >= 4 is 11.5 Å². The first kappa shape index (κ1) is 20.7. The molecule has 0 radical (unpaired) electrons. The van der Waals surface area contributed by atoms with Gasteiger partial charge in [-0.15, -0.1) is 0 Å². The van der Waals surface area contributed by atoms with E-state index in [0.717, 1.165) is 29.7 Å². The number of nitrogens with two attached hydrogens (primary N) is 1. The van der Waals surface area contributed by atoms with Gasteiger partial charge in [-0.25, -0.2) is 15.7 Å². The molecule has 0 bridgehead atoms.